The van der Waals surface area contributed by atoms with E-state index in [1.54, 1.807) is 0 Å². The van der Waals surface area contributed by atoms with Crippen LogP contribution in [0.15, 0.2) is 0 Å². The lowest BCUT2D eigenvalue weighted by atomic mass is 9.90. The first-order valence-corrected chi connectivity index (χ1v) is 5.91. The van der Waals surface area contributed by atoms with Crippen molar-refractivity contribution in [3.8, 4) is 0 Å². The number of nitrogens with one attached hydrogen (secondary N) is 2. The Bertz CT molecular complexity index is 171. The van der Waals surface area contributed by atoms with Crippen LogP contribution in [0.4, 0.5) is 0 Å². The maximum atomic E-state index is 3.72. The minimum Gasteiger partial charge on any atom is -0.314 e. The Kier molecular flexibility index (Phi) is 3.42. The van der Waals surface area contributed by atoms with Crippen molar-refractivity contribution in [1.29, 1.82) is 0 Å². The molecule has 0 radical (unpaired) electrons. The fraction of sp³-hybridized carbons (Fsp3) is 1.00. The van der Waals surface area contributed by atoms with Gasteiger partial charge in [0.05, 0.1) is 0 Å². The predicted molar refractivity (Wildman–Crippen MR) is 59.5 cm³/mol. The zero-order valence-electron chi connectivity index (χ0n) is 9.42. The fourth-order valence-electron chi connectivity index (χ4n) is 2.44. The van der Waals surface area contributed by atoms with Crippen LogP contribution in [0, 0.1) is 5.92 Å². The van der Waals surface area contributed by atoms with E-state index >= 15 is 0 Å². The van der Waals surface area contributed by atoms with Crippen LogP contribution in [0.3, 0.4) is 0 Å². The van der Waals surface area contributed by atoms with E-state index in [0.717, 1.165) is 25.0 Å². The maximum absolute atomic E-state index is 3.72. The third kappa shape index (κ3) is 2.47. The summed E-state index contributed by atoms with van der Waals surface area (Å²) >= 11 is 0. The van der Waals surface area contributed by atoms with Gasteiger partial charge in [0, 0.05) is 25.2 Å². The van der Waals surface area contributed by atoms with Crippen molar-refractivity contribution in [2.24, 2.45) is 5.92 Å². The van der Waals surface area contributed by atoms with Gasteiger partial charge in [-0.2, -0.15) is 0 Å². The van der Waals surface area contributed by atoms with Gasteiger partial charge in [0.2, 0.25) is 0 Å². The molecule has 0 bridgehead atoms. The number of hydrogen-bond donors (Lipinski definition) is 2. The molecule has 2 fully saturated rings. The Morgan fingerprint density at radius 2 is 1.93 bits per heavy atom. The van der Waals surface area contributed by atoms with Gasteiger partial charge in [-0.05, 0) is 45.8 Å². The van der Waals surface area contributed by atoms with E-state index in [9.17, 15) is 0 Å². The molecule has 14 heavy (non-hydrogen) atoms. The zero-order chi connectivity index (χ0) is 9.97. The van der Waals surface area contributed by atoms with Crippen molar-refractivity contribution in [2.45, 2.75) is 31.8 Å². The van der Waals surface area contributed by atoms with E-state index in [1.165, 1.54) is 25.9 Å². The van der Waals surface area contributed by atoms with Crippen molar-refractivity contribution in [3.63, 3.8) is 0 Å². The van der Waals surface area contributed by atoms with Crippen LogP contribution < -0.4 is 10.6 Å². The van der Waals surface area contributed by atoms with E-state index in [0.29, 0.717) is 6.04 Å². The largest absolute Gasteiger partial charge is 0.314 e. The highest BCUT2D eigenvalue weighted by Gasteiger charge is 2.25. The highest BCUT2D eigenvalue weighted by Crippen LogP contribution is 2.20. The van der Waals surface area contributed by atoms with Gasteiger partial charge in [0.1, 0.15) is 0 Å². The summed E-state index contributed by atoms with van der Waals surface area (Å²) in [5, 5.41) is 7.03. The normalized spacial score (nSPS) is 28.7. The number of nitrogens with zero attached hydrogens (tertiary/aromatic N) is 1. The van der Waals surface area contributed by atoms with Crippen molar-refractivity contribution < 1.29 is 0 Å². The lowest BCUT2D eigenvalue weighted by Crippen LogP contribution is -2.59. The predicted octanol–water partition coefficient (Wildman–Crippen LogP) is 0.278. The van der Waals surface area contributed by atoms with Crippen LogP contribution in [0.1, 0.15) is 19.8 Å². The third-order valence-corrected chi connectivity index (χ3v) is 3.75. The van der Waals surface area contributed by atoms with Gasteiger partial charge < -0.3 is 15.5 Å². The molecular weight excluding hydrogens is 174 g/mol. The van der Waals surface area contributed by atoms with E-state index in [2.05, 4.69) is 29.5 Å². The zero-order valence-corrected chi connectivity index (χ0v) is 9.42. The van der Waals surface area contributed by atoms with Crippen molar-refractivity contribution >= 4 is 0 Å². The minimum absolute atomic E-state index is 0.704. The first kappa shape index (κ1) is 10.4. The first-order chi connectivity index (χ1) is 6.75. The van der Waals surface area contributed by atoms with Crippen molar-refractivity contribution in [1.82, 2.24) is 15.5 Å². The summed E-state index contributed by atoms with van der Waals surface area (Å²) < 4.78 is 0. The average molecular weight is 197 g/mol. The number of rotatable bonds is 3. The lowest BCUT2D eigenvalue weighted by molar-refractivity contribution is 0.176. The number of likely N-dealkylation sites (tertiary alicyclic amines) is 1. The monoisotopic (exact) mass is 197 g/mol. The van der Waals surface area contributed by atoms with Crippen LogP contribution in [-0.4, -0.2) is 50.2 Å². The van der Waals surface area contributed by atoms with E-state index < -0.39 is 0 Å². The molecule has 2 saturated heterocycles. The third-order valence-electron chi connectivity index (χ3n) is 3.75. The van der Waals surface area contributed by atoms with Crippen molar-refractivity contribution in [3.05, 3.63) is 0 Å². The van der Waals surface area contributed by atoms with Gasteiger partial charge in [-0.3, -0.25) is 0 Å². The molecule has 0 saturated carbocycles. The first-order valence-electron chi connectivity index (χ1n) is 5.91. The summed E-state index contributed by atoms with van der Waals surface area (Å²) in [6.45, 7) is 7.24. The van der Waals surface area contributed by atoms with Crippen molar-refractivity contribution in [2.75, 3.05) is 33.2 Å². The molecule has 3 heteroatoms. The Morgan fingerprint density at radius 3 is 2.43 bits per heavy atom. The molecule has 2 aliphatic heterocycles. The van der Waals surface area contributed by atoms with Crippen LogP contribution in [0.5, 0.6) is 0 Å². The molecule has 3 nitrogen and oxygen atoms in total. The smallest absolute Gasteiger partial charge is 0.0319 e. The Balaban J connectivity index is 1.71. The molecule has 2 aliphatic rings. The summed E-state index contributed by atoms with van der Waals surface area (Å²) in [4.78, 5) is 2.44. The second kappa shape index (κ2) is 4.60. The molecular formula is C11H23N3. The molecule has 82 valence electrons. The SMILES string of the molecule is CC(NC1CNC1)C1CCN(C)CC1. The second-order valence-corrected chi connectivity index (χ2v) is 4.95. The van der Waals surface area contributed by atoms with Gasteiger partial charge in [-0.1, -0.05) is 0 Å². The lowest BCUT2D eigenvalue weighted by Gasteiger charge is -2.37. The quantitative estimate of drug-likeness (QED) is 0.680. The molecule has 0 aromatic heterocycles. The molecule has 2 heterocycles. The van der Waals surface area contributed by atoms with Gasteiger partial charge in [-0.25, -0.2) is 0 Å². The topological polar surface area (TPSA) is 27.3 Å². The summed E-state index contributed by atoms with van der Waals surface area (Å²) in [5.41, 5.74) is 0. The number of piperidine rings is 1. The molecule has 2 N–H and O–H groups in total. The molecule has 0 aromatic rings. The molecule has 0 amide bonds. The number of hydrogen-bond acceptors (Lipinski definition) is 3. The molecule has 1 atom stereocenters. The molecule has 0 aliphatic carbocycles. The average Bonchev–Trinajstić information content (AvgIpc) is 2.12. The fourth-order valence-corrected chi connectivity index (χ4v) is 2.44. The summed E-state index contributed by atoms with van der Waals surface area (Å²) in [6.07, 6.45) is 2.73. The van der Waals surface area contributed by atoms with Crippen LogP contribution in [0.25, 0.3) is 0 Å². The van der Waals surface area contributed by atoms with Crippen LogP contribution in [-0.2, 0) is 0 Å². The van der Waals surface area contributed by atoms with Crippen LogP contribution >= 0.6 is 0 Å². The van der Waals surface area contributed by atoms with Gasteiger partial charge >= 0.3 is 0 Å². The molecule has 0 spiro atoms. The summed E-state index contributed by atoms with van der Waals surface area (Å²) in [7, 11) is 2.23. The standard InChI is InChI=1S/C11H23N3/c1-9(13-11-7-12-8-11)10-3-5-14(2)6-4-10/h9-13H,3-8H2,1-2H3. The van der Waals surface area contributed by atoms with Crippen LogP contribution in [0.2, 0.25) is 0 Å². The summed E-state index contributed by atoms with van der Waals surface area (Å²) in [5.74, 6) is 0.895. The molecule has 2 rings (SSSR count). The Labute approximate surface area is 87.2 Å². The molecule has 1 unspecified atom stereocenters. The Hall–Kier alpha value is -0.120. The minimum atomic E-state index is 0.704. The second-order valence-electron chi connectivity index (χ2n) is 4.95. The summed E-state index contributed by atoms with van der Waals surface area (Å²) in [6, 6.07) is 1.44. The van der Waals surface area contributed by atoms with Gasteiger partial charge in [-0.15, -0.1) is 0 Å². The maximum Gasteiger partial charge on any atom is 0.0319 e. The van der Waals surface area contributed by atoms with Gasteiger partial charge in [0.15, 0.2) is 0 Å². The van der Waals surface area contributed by atoms with E-state index in [1.807, 2.05) is 0 Å². The Morgan fingerprint density at radius 1 is 1.29 bits per heavy atom. The van der Waals surface area contributed by atoms with E-state index in [-0.39, 0.29) is 0 Å². The molecule has 0 aromatic carbocycles. The van der Waals surface area contributed by atoms with E-state index in [4.69, 9.17) is 0 Å². The highest BCUT2D eigenvalue weighted by molar-refractivity contribution is 4.87. The highest BCUT2D eigenvalue weighted by atomic mass is 15.1. The van der Waals surface area contributed by atoms with Gasteiger partial charge in [0.25, 0.3) is 0 Å².